The normalized spacial score (nSPS) is 17.3. The molecule has 1 aliphatic rings. The molecule has 0 atom stereocenters. The van der Waals surface area contributed by atoms with Crippen molar-refractivity contribution in [2.24, 2.45) is 0 Å². The summed E-state index contributed by atoms with van der Waals surface area (Å²) in [5, 5.41) is 3.54. The van der Waals surface area contributed by atoms with Crippen molar-refractivity contribution in [3.05, 3.63) is 11.9 Å². The van der Waals surface area contributed by atoms with E-state index in [4.69, 9.17) is 4.74 Å². The van der Waals surface area contributed by atoms with Gasteiger partial charge in [-0.3, -0.25) is 0 Å². The minimum atomic E-state index is -0.0719. The van der Waals surface area contributed by atoms with Crippen molar-refractivity contribution in [3.8, 4) is 5.88 Å². The lowest BCUT2D eigenvalue weighted by Gasteiger charge is -2.24. The molecular formula is C15H25N3O. The largest absolute Gasteiger partial charge is 0.481 e. The van der Waals surface area contributed by atoms with E-state index < -0.39 is 0 Å². The predicted molar refractivity (Wildman–Crippen MR) is 77.8 cm³/mol. The topological polar surface area (TPSA) is 47.0 Å². The van der Waals surface area contributed by atoms with Crippen molar-refractivity contribution in [2.45, 2.75) is 64.3 Å². The van der Waals surface area contributed by atoms with Gasteiger partial charge in [-0.1, -0.05) is 40.0 Å². The van der Waals surface area contributed by atoms with Crippen LogP contribution >= 0.6 is 0 Å². The lowest BCUT2D eigenvalue weighted by Crippen LogP contribution is -2.24. The van der Waals surface area contributed by atoms with Gasteiger partial charge in [0.2, 0.25) is 5.88 Å². The Labute approximate surface area is 116 Å². The Balaban J connectivity index is 2.19. The first-order chi connectivity index (χ1) is 8.99. The van der Waals surface area contributed by atoms with E-state index in [-0.39, 0.29) is 5.41 Å². The number of nitrogens with one attached hydrogen (secondary N) is 1. The SMILES string of the molecule is COc1cc(NC2CCCCC2)nc(C(C)(C)C)n1. The summed E-state index contributed by atoms with van der Waals surface area (Å²) >= 11 is 0. The fourth-order valence-corrected chi connectivity index (χ4v) is 2.39. The van der Waals surface area contributed by atoms with E-state index in [1.807, 2.05) is 6.07 Å². The molecular weight excluding hydrogens is 238 g/mol. The van der Waals surface area contributed by atoms with Gasteiger partial charge in [-0.05, 0) is 12.8 Å². The van der Waals surface area contributed by atoms with E-state index in [0.717, 1.165) is 11.6 Å². The maximum atomic E-state index is 5.29. The lowest BCUT2D eigenvalue weighted by molar-refractivity contribution is 0.388. The standard InChI is InChI=1S/C15H25N3O/c1-15(2,3)14-17-12(10-13(18-14)19-4)16-11-8-6-5-7-9-11/h10-11H,5-9H2,1-4H3,(H,16,17,18). The minimum Gasteiger partial charge on any atom is -0.481 e. The third-order valence-electron chi connectivity index (χ3n) is 3.54. The number of hydrogen-bond donors (Lipinski definition) is 1. The number of methoxy groups -OCH3 is 1. The molecule has 106 valence electrons. The summed E-state index contributed by atoms with van der Waals surface area (Å²) in [5.74, 6) is 2.35. The first-order valence-electron chi connectivity index (χ1n) is 7.19. The molecule has 1 saturated carbocycles. The quantitative estimate of drug-likeness (QED) is 0.906. The molecule has 0 aromatic carbocycles. The summed E-state index contributed by atoms with van der Waals surface area (Å²) < 4.78 is 5.29. The fraction of sp³-hybridized carbons (Fsp3) is 0.733. The van der Waals surface area contributed by atoms with Crippen LogP contribution in [0.25, 0.3) is 0 Å². The van der Waals surface area contributed by atoms with Crippen LogP contribution in [0.15, 0.2) is 6.07 Å². The zero-order valence-electron chi connectivity index (χ0n) is 12.5. The molecule has 1 aromatic rings. The van der Waals surface area contributed by atoms with Gasteiger partial charge in [0.1, 0.15) is 11.6 Å². The second-order valence-corrected chi connectivity index (χ2v) is 6.35. The van der Waals surface area contributed by atoms with E-state index in [1.54, 1.807) is 7.11 Å². The van der Waals surface area contributed by atoms with Gasteiger partial charge in [-0.2, -0.15) is 4.98 Å². The van der Waals surface area contributed by atoms with Gasteiger partial charge < -0.3 is 10.1 Å². The average molecular weight is 263 g/mol. The molecule has 2 rings (SSSR count). The molecule has 0 radical (unpaired) electrons. The molecule has 0 unspecified atom stereocenters. The Hall–Kier alpha value is -1.32. The summed E-state index contributed by atoms with van der Waals surface area (Å²) in [5.41, 5.74) is -0.0719. The van der Waals surface area contributed by atoms with E-state index in [0.29, 0.717) is 11.9 Å². The molecule has 0 spiro atoms. The summed E-state index contributed by atoms with van der Waals surface area (Å²) in [6, 6.07) is 2.44. The number of hydrogen-bond acceptors (Lipinski definition) is 4. The number of anilines is 1. The maximum Gasteiger partial charge on any atom is 0.218 e. The van der Waals surface area contributed by atoms with E-state index in [1.165, 1.54) is 32.1 Å². The number of aromatic nitrogens is 2. The van der Waals surface area contributed by atoms with Crippen LogP contribution in [-0.4, -0.2) is 23.1 Å². The van der Waals surface area contributed by atoms with Gasteiger partial charge in [0.25, 0.3) is 0 Å². The third kappa shape index (κ3) is 3.82. The molecule has 1 aliphatic carbocycles. The second-order valence-electron chi connectivity index (χ2n) is 6.35. The fourth-order valence-electron chi connectivity index (χ4n) is 2.39. The zero-order valence-corrected chi connectivity index (χ0v) is 12.5. The highest BCUT2D eigenvalue weighted by Crippen LogP contribution is 2.25. The molecule has 0 amide bonds. The Morgan fingerprint density at radius 1 is 1.16 bits per heavy atom. The second kappa shape index (κ2) is 5.76. The highest BCUT2D eigenvalue weighted by Gasteiger charge is 2.21. The van der Waals surface area contributed by atoms with Gasteiger partial charge in [0.15, 0.2) is 0 Å². The summed E-state index contributed by atoms with van der Waals surface area (Å²) in [7, 11) is 1.65. The van der Waals surface area contributed by atoms with Crippen LogP contribution in [0.2, 0.25) is 0 Å². The summed E-state index contributed by atoms with van der Waals surface area (Å²) in [4.78, 5) is 9.09. The van der Waals surface area contributed by atoms with Crippen molar-refractivity contribution in [3.63, 3.8) is 0 Å². The Morgan fingerprint density at radius 2 is 1.84 bits per heavy atom. The van der Waals surface area contributed by atoms with Crippen LogP contribution in [0.4, 0.5) is 5.82 Å². The first-order valence-corrected chi connectivity index (χ1v) is 7.19. The van der Waals surface area contributed by atoms with E-state index >= 15 is 0 Å². The average Bonchev–Trinajstić information content (AvgIpc) is 2.38. The van der Waals surface area contributed by atoms with Gasteiger partial charge in [0.05, 0.1) is 7.11 Å². The molecule has 1 aromatic heterocycles. The summed E-state index contributed by atoms with van der Waals surface area (Å²) in [6.07, 6.45) is 6.45. The summed E-state index contributed by atoms with van der Waals surface area (Å²) in [6.45, 7) is 6.35. The van der Waals surface area contributed by atoms with E-state index in [9.17, 15) is 0 Å². The van der Waals surface area contributed by atoms with Crippen LogP contribution in [0, 0.1) is 0 Å². The van der Waals surface area contributed by atoms with Crippen LogP contribution in [0.5, 0.6) is 5.88 Å². The Morgan fingerprint density at radius 3 is 2.42 bits per heavy atom. The van der Waals surface area contributed by atoms with Gasteiger partial charge >= 0.3 is 0 Å². The van der Waals surface area contributed by atoms with Crippen LogP contribution in [0.3, 0.4) is 0 Å². The Kier molecular flexibility index (Phi) is 4.27. The van der Waals surface area contributed by atoms with Crippen molar-refractivity contribution in [2.75, 3.05) is 12.4 Å². The van der Waals surface area contributed by atoms with Crippen LogP contribution in [-0.2, 0) is 5.41 Å². The highest BCUT2D eigenvalue weighted by molar-refractivity contribution is 5.40. The number of rotatable bonds is 3. The smallest absolute Gasteiger partial charge is 0.218 e. The third-order valence-corrected chi connectivity index (χ3v) is 3.54. The molecule has 0 aliphatic heterocycles. The monoisotopic (exact) mass is 263 g/mol. The molecule has 4 heteroatoms. The molecule has 19 heavy (non-hydrogen) atoms. The minimum absolute atomic E-state index is 0.0719. The van der Waals surface area contributed by atoms with Crippen molar-refractivity contribution < 1.29 is 4.74 Å². The van der Waals surface area contributed by atoms with Crippen molar-refractivity contribution in [1.82, 2.24) is 9.97 Å². The predicted octanol–water partition coefficient (Wildman–Crippen LogP) is 3.53. The van der Waals surface area contributed by atoms with Crippen molar-refractivity contribution >= 4 is 5.82 Å². The number of nitrogens with zero attached hydrogens (tertiary/aromatic N) is 2. The molecule has 1 heterocycles. The molecule has 0 saturated heterocycles. The molecule has 0 bridgehead atoms. The number of ether oxygens (including phenoxy) is 1. The lowest BCUT2D eigenvalue weighted by atomic mass is 9.95. The van der Waals surface area contributed by atoms with Gasteiger partial charge in [-0.25, -0.2) is 4.98 Å². The Bertz CT molecular complexity index is 420. The first kappa shape index (κ1) is 14.1. The highest BCUT2D eigenvalue weighted by atomic mass is 16.5. The zero-order chi connectivity index (χ0) is 13.9. The molecule has 4 nitrogen and oxygen atoms in total. The molecule has 1 N–H and O–H groups in total. The van der Waals surface area contributed by atoms with Crippen molar-refractivity contribution in [1.29, 1.82) is 0 Å². The van der Waals surface area contributed by atoms with Gasteiger partial charge in [-0.15, -0.1) is 0 Å². The van der Waals surface area contributed by atoms with Crippen LogP contribution in [0.1, 0.15) is 58.7 Å². The van der Waals surface area contributed by atoms with Crippen LogP contribution < -0.4 is 10.1 Å². The maximum absolute atomic E-state index is 5.29. The molecule has 1 fully saturated rings. The van der Waals surface area contributed by atoms with E-state index in [2.05, 4.69) is 36.1 Å². The van der Waals surface area contributed by atoms with Gasteiger partial charge in [0, 0.05) is 17.5 Å².